The number of amides is 1. The number of hydrogen-bond donors (Lipinski definition) is 0. The van der Waals surface area contributed by atoms with E-state index in [0.717, 1.165) is 47.9 Å². The summed E-state index contributed by atoms with van der Waals surface area (Å²) >= 11 is 0. The molecular weight excluding hydrogens is 432 g/mol. The molecule has 1 aromatic carbocycles. The Kier molecular flexibility index (Phi) is 6.02. The Morgan fingerprint density at radius 3 is 2.82 bits per heavy atom. The third-order valence-corrected chi connectivity index (χ3v) is 7.18. The number of pyridine rings is 1. The fraction of sp³-hybridized carbons (Fsp3) is 0.444. The molecule has 0 N–H and O–H groups in total. The number of carbonyl (C=O) groups excluding carboxylic acids is 1. The van der Waals surface area contributed by atoms with Gasteiger partial charge in [-0.15, -0.1) is 0 Å². The standard InChI is InChI=1S/C27H30N2O5/c1-3-4-6-19-12-26(32)34-27-17(2)23(10-9-21(19)27)33-16-25(31)28-13-18-11-20(15-28)22-7-5-8-24(30)29(22)14-18/h5,7-10,12,18,20H,3-4,6,11,13-16H2,1-2H3/t18-,20+/m1/s1. The van der Waals surface area contributed by atoms with Gasteiger partial charge in [-0.25, -0.2) is 4.79 Å². The molecule has 5 rings (SSSR count). The first-order valence-corrected chi connectivity index (χ1v) is 12.1. The van der Waals surface area contributed by atoms with Gasteiger partial charge in [0.25, 0.3) is 11.5 Å². The first-order valence-electron chi connectivity index (χ1n) is 12.1. The Morgan fingerprint density at radius 1 is 1.15 bits per heavy atom. The number of fused-ring (bicyclic) bond motifs is 5. The predicted octanol–water partition coefficient (Wildman–Crippen LogP) is 3.63. The van der Waals surface area contributed by atoms with Crippen LogP contribution in [0.3, 0.4) is 0 Å². The van der Waals surface area contributed by atoms with Gasteiger partial charge in [-0.3, -0.25) is 9.59 Å². The minimum absolute atomic E-state index is 0.0339. The Balaban J connectivity index is 1.31. The van der Waals surface area contributed by atoms with Gasteiger partial charge in [0.05, 0.1) is 0 Å². The lowest BCUT2D eigenvalue weighted by atomic mass is 9.83. The highest BCUT2D eigenvalue weighted by Gasteiger charge is 2.36. The molecule has 1 saturated heterocycles. The molecule has 4 heterocycles. The van der Waals surface area contributed by atoms with Crippen molar-refractivity contribution in [1.82, 2.24) is 9.47 Å². The molecule has 2 aromatic heterocycles. The smallest absolute Gasteiger partial charge is 0.336 e. The predicted molar refractivity (Wildman–Crippen MR) is 129 cm³/mol. The summed E-state index contributed by atoms with van der Waals surface area (Å²) in [6, 6.07) is 10.7. The lowest BCUT2D eigenvalue weighted by Gasteiger charge is -2.42. The van der Waals surface area contributed by atoms with Crippen molar-refractivity contribution < 1.29 is 13.9 Å². The van der Waals surface area contributed by atoms with E-state index in [4.69, 9.17) is 9.15 Å². The molecule has 1 amide bonds. The molecule has 1 fully saturated rings. The van der Waals surface area contributed by atoms with Crippen LogP contribution in [0.15, 0.2) is 50.4 Å². The number of piperidine rings is 1. The lowest BCUT2D eigenvalue weighted by Crippen LogP contribution is -2.50. The Hall–Kier alpha value is -3.35. The number of carbonyl (C=O) groups is 1. The topological polar surface area (TPSA) is 81.8 Å². The minimum Gasteiger partial charge on any atom is -0.483 e. The Morgan fingerprint density at radius 2 is 2.00 bits per heavy atom. The zero-order valence-corrected chi connectivity index (χ0v) is 19.7. The number of aryl methyl sites for hydroxylation is 2. The summed E-state index contributed by atoms with van der Waals surface area (Å²) in [6.45, 7) is 5.78. The van der Waals surface area contributed by atoms with Crippen LogP contribution in [0.25, 0.3) is 11.0 Å². The second kappa shape index (κ2) is 9.12. The molecule has 0 spiro atoms. The first-order chi connectivity index (χ1) is 16.4. The number of likely N-dealkylation sites (tertiary alicyclic amines) is 1. The normalized spacial score (nSPS) is 19.2. The summed E-state index contributed by atoms with van der Waals surface area (Å²) in [4.78, 5) is 39.2. The molecule has 0 aliphatic carbocycles. The highest BCUT2D eigenvalue weighted by molar-refractivity contribution is 5.85. The van der Waals surface area contributed by atoms with Gasteiger partial charge >= 0.3 is 5.63 Å². The number of aromatic nitrogens is 1. The third kappa shape index (κ3) is 4.15. The molecule has 2 aliphatic heterocycles. The average Bonchev–Trinajstić information content (AvgIpc) is 2.83. The summed E-state index contributed by atoms with van der Waals surface area (Å²) in [6.07, 6.45) is 3.87. The van der Waals surface area contributed by atoms with Crippen LogP contribution in [0.5, 0.6) is 5.75 Å². The van der Waals surface area contributed by atoms with E-state index >= 15 is 0 Å². The van der Waals surface area contributed by atoms with Crippen molar-refractivity contribution in [2.24, 2.45) is 5.92 Å². The van der Waals surface area contributed by atoms with Crippen molar-refractivity contribution in [1.29, 1.82) is 0 Å². The highest BCUT2D eigenvalue weighted by Crippen LogP contribution is 2.35. The van der Waals surface area contributed by atoms with E-state index in [1.54, 1.807) is 18.2 Å². The zero-order valence-electron chi connectivity index (χ0n) is 19.7. The second-order valence-electron chi connectivity index (χ2n) is 9.55. The molecule has 0 saturated carbocycles. The zero-order chi connectivity index (χ0) is 23.8. The van der Waals surface area contributed by atoms with Gasteiger partial charge in [0.15, 0.2) is 6.61 Å². The average molecular weight is 463 g/mol. The summed E-state index contributed by atoms with van der Waals surface area (Å²) in [5.74, 6) is 0.918. The van der Waals surface area contributed by atoms with E-state index in [-0.39, 0.29) is 35.5 Å². The molecule has 34 heavy (non-hydrogen) atoms. The van der Waals surface area contributed by atoms with Crippen LogP contribution < -0.4 is 15.9 Å². The first kappa shape index (κ1) is 22.4. The fourth-order valence-corrected chi connectivity index (χ4v) is 5.47. The van der Waals surface area contributed by atoms with Crippen LogP contribution in [-0.4, -0.2) is 35.1 Å². The van der Waals surface area contributed by atoms with Crippen molar-refractivity contribution >= 4 is 16.9 Å². The summed E-state index contributed by atoms with van der Waals surface area (Å²) in [5, 5.41) is 0.919. The van der Waals surface area contributed by atoms with Crippen LogP contribution in [-0.2, 0) is 17.8 Å². The van der Waals surface area contributed by atoms with Gasteiger partial charge in [-0.05, 0) is 55.9 Å². The third-order valence-electron chi connectivity index (χ3n) is 7.18. The van der Waals surface area contributed by atoms with E-state index in [1.165, 1.54) is 0 Å². The van der Waals surface area contributed by atoms with Crippen LogP contribution in [0.4, 0.5) is 0 Å². The monoisotopic (exact) mass is 462 g/mol. The van der Waals surface area contributed by atoms with Gasteiger partial charge in [-0.1, -0.05) is 19.4 Å². The van der Waals surface area contributed by atoms with E-state index in [9.17, 15) is 14.4 Å². The van der Waals surface area contributed by atoms with Gasteiger partial charge in [-0.2, -0.15) is 0 Å². The van der Waals surface area contributed by atoms with Crippen LogP contribution in [0.2, 0.25) is 0 Å². The maximum Gasteiger partial charge on any atom is 0.336 e. The maximum absolute atomic E-state index is 13.0. The Bertz CT molecular complexity index is 1360. The number of unbranched alkanes of at least 4 members (excludes halogenated alkanes) is 1. The minimum atomic E-state index is -0.367. The largest absolute Gasteiger partial charge is 0.483 e. The van der Waals surface area contributed by atoms with Crippen molar-refractivity contribution in [3.8, 4) is 5.75 Å². The number of hydrogen-bond acceptors (Lipinski definition) is 5. The van der Waals surface area contributed by atoms with E-state index < -0.39 is 0 Å². The summed E-state index contributed by atoms with van der Waals surface area (Å²) < 4.78 is 13.3. The second-order valence-corrected chi connectivity index (χ2v) is 9.55. The van der Waals surface area contributed by atoms with Gasteiger partial charge in [0.1, 0.15) is 11.3 Å². The number of nitrogens with zero attached hydrogens (tertiary/aromatic N) is 2. The number of ether oxygens (including phenoxy) is 1. The molecule has 2 aliphatic rings. The van der Waals surface area contributed by atoms with E-state index in [0.29, 0.717) is 31.0 Å². The van der Waals surface area contributed by atoms with Crippen molar-refractivity contribution in [3.05, 3.63) is 74.0 Å². The number of benzene rings is 1. The maximum atomic E-state index is 13.0. The molecule has 2 atom stereocenters. The van der Waals surface area contributed by atoms with Crippen molar-refractivity contribution in [3.63, 3.8) is 0 Å². The summed E-state index contributed by atoms with van der Waals surface area (Å²) in [7, 11) is 0. The summed E-state index contributed by atoms with van der Waals surface area (Å²) in [5.41, 5.74) is 2.92. The quantitative estimate of drug-likeness (QED) is 0.523. The van der Waals surface area contributed by atoms with Crippen molar-refractivity contribution in [2.45, 2.75) is 52.0 Å². The molecule has 7 nitrogen and oxygen atoms in total. The van der Waals surface area contributed by atoms with Crippen LogP contribution >= 0.6 is 0 Å². The van der Waals surface area contributed by atoms with Crippen LogP contribution in [0.1, 0.15) is 48.9 Å². The van der Waals surface area contributed by atoms with E-state index in [2.05, 4.69) is 6.92 Å². The molecule has 2 bridgehead atoms. The lowest BCUT2D eigenvalue weighted by molar-refractivity contribution is -0.136. The highest BCUT2D eigenvalue weighted by atomic mass is 16.5. The van der Waals surface area contributed by atoms with E-state index in [1.807, 2.05) is 34.6 Å². The molecule has 0 unspecified atom stereocenters. The number of rotatable bonds is 6. The molecule has 3 aromatic rings. The molecule has 178 valence electrons. The molecule has 0 radical (unpaired) electrons. The van der Waals surface area contributed by atoms with Gasteiger partial charge < -0.3 is 18.6 Å². The molecule has 7 heteroatoms. The molecular formula is C27H30N2O5. The Labute approximate surface area is 197 Å². The fourth-order valence-electron chi connectivity index (χ4n) is 5.47. The van der Waals surface area contributed by atoms with Gasteiger partial charge in [0, 0.05) is 54.3 Å². The SMILES string of the molecule is CCCCc1cc(=O)oc2c(C)c(OCC(=O)N3C[C@H]4C[C@@H](C3)c3cccc(=O)n3C4)ccc12. The van der Waals surface area contributed by atoms with Crippen LogP contribution in [0, 0.1) is 12.8 Å². The van der Waals surface area contributed by atoms with Crippen molar-refractivity contribution in [2.75, 3.05) is 19.7 Å². The van der Waals surface area contributed by atoms with Gasteiger partial charge in [0.2, 0.25) is 0 Å².